The molecule has 1 saturated heterocycles. The van der Waals surface area contributed by atoms with Crippen molar-refractivity contribution in [1.29, 1.82) is 0 Å². The smallest absolute Gasteiger partial charge is 0.310 e. The van der Waals surface area contributed by atoms with Crippen LogP contribution in [0.15, 0.2) is 0 Å². The van der Waals surface area contributed by atoms with E-state index in [0.29, 0.717) is 19.4 Å². The number of ether oxygens (including phenoxy) is 2. The lowest BCUT2D eigenvalue weighted by atomic mass is 10.0. The van der Waals surface area contributed by atoms with Crippen LogP contribution < -0.4 is 0 Å². The van der Waals surface area contributed by atoms with E-state index in [9.17, 15) is 18.0 Å². The minimum absolute atomic E-state index is 0.129. The van der Waals surface area contributed by atoms with Crippen molar-refractivity contribution in [2.45, 2.75) is 33.1 Å². The van der Waals surface area contributed by atoms with E-state index in [1.54, 1.807) is 13.8 Å². The van der Waals surface area contributed by atoms with Gasteiger partial charge in [0, 0.05) is 13.1 Å². The molecule has 0 aromatic carbocycles. The van der Waals surface area contributed by atoms with Crippen LogP contribution in [0.1, 0.15) is 33.1 Å². The Morgan fingerprint density at radius 2 is 1.86 bits per heavy atom. The van der Waals surface area contributed by atoms with Gasteiger partial charge < -0.3 is 9.47 Å². The number of hydrogen-bond acceptors (Lipinski definition) is 6. The van der Waals surface area contributed by atoms with Crippen LogP contribution in [0.2, 0.25) is 0 Å². The number of hydrogen-bond donors (Lipinski definition) is 0. The fourth-order valence-corrected chi connectivity index (χ4v) is 3.72. The lowest BCUT2D eigenvalue weighted by molar-refractivity contribution is -0.149. The van der Waals surface area contributed by atoms with Crippen LogP contribution >= 0.6 is 0 Å². The van der Waals surface area contributed by atoms with Gasteiger partial charge in [-0.05, 0) is 26.7 Å². The molecular weight excluding hydrogens is 298 g/mol. The summed E-state index contributed by atoms with van der Waals surface area (Å²) >= 11 is 0. The summed E-state index contributed by atoms with van der Waals surface area (Å²) in [6.07, 6.45) is 1.07. The Hall–Kier alpha value is -1.15. The second kappa shape index (κ2) is 8.33. The first-order valence-electron chi connectivity index (χ1n) is 7.20. The van der Waals surface area contributed by atoms with Gasteiger partial charge in [0.2, 0.25) is 10.0 Å². The molecule has 0 aromatic rings. The summed E-state index contributed by atoms with van der Waals surface area (Å²) in [4.78, 5) is 23.0. The van der Waals surface area contributed by atoms with E-state index in [1.807, 2.05) is 0 Å². The Kier molecular flexibility index (Phi) is 7.10. The summed E-state index contributed by atoms with van der Waals surface area (Å²) in [5, 5.41) is 0. The molecule has 0 bridgehead atoms. The first kappa shape index (κ1) is 17.9. The molecule has 1 heterocycles. The van der Waals surface area contributed by atoms with Crippen molar-refractivity contribution in [3.8, 4) is 0 Å². The maximum Gasteiger partial charge on any atom is 0.310 e. The van der Waals surface area contributed by atoms with Crippen molar-refractivity contribution in [3.05, 3.63) is 0 Å². The number of carbonyl (C=O) groups is 2. The average Bonchev–Trinajstić information content (AvgIpc) is 2.46. The van der Waals surface area contributed by atoms with Crippen molar-refractivity contribution in [1.82, 2.24) is 4.31 Å². The molecule has 1 atom stereocenters. The van der Waals surface area contributed by atoms with Crippen molar-refractivity contribution in [2.24, 2.45) is 5.92 Å². The van der Waals surface area contributed by atoms with Crippen molar-refractivity contribution < 1.29 is 27.5 Å². The standard InChI is InChI=1S/C13H23NO6S/c1-3-19-12(15)7-9-21(17,18)14-8-5-6-11(10-14)13(16)20-4-2/h11H,3-10H2,1-2H3. The summed E-state index contributed by atoms with van der Waals surface area (Å²) in [5.74, 6) is -1.60. The molecule has 8 heteroatoms. The molecule has 21 heavy (non-hydrogen) atoms. The quantitative estimate of drug-likeness (QED) is 0.636. The lowest BCUT2D eigenvalue weighted by Gasteiger charge is -2.30. The highest BCUT2D eigenvalue weighted by Crippen LogP contribution is 2.21. The molecule has 1 aliphatic rings. The number of piperidine rings is 1. The molecule has 0 spiro atoms. The van der Waals surface area contributed by atoms with Gasteiger partial charge in [0.25, 0.3) is 0 Å². The van der Waals surface area contributed by atoms with Gasteiger partial charge in [-0.15, -0.1) is 0 Å². The fourth-order valence-electron chi connectivity index (χ4n) is 2.22. The summed E-state index contributed by atoms with van der Waals surface area (Å²) in [5.41, 5.74) is 0. The van der Waals surface area contributed by atoms with Gasteiger partial charge in [-0.25, -0.2) is 12.7 Å². The summed E-state index contributed by atoms with van der Waals surface area (Å²) in [6, 6.07) is 0. The highest BCUT2D eigenvalue weighted by molar-refractivity contribution is 7.89. The molecule has 1 aliphatic heterocycles. The van der Waals surface area contributed by atoms with Gasteiger partial charge >= 0.3 is 11.9 Å². The number of esters is 2. The fraction of sp³-hybridized carbons (Fsp3) is 0.846. The monoisotopic (exact) mass is 321 g/mol. The van der Waals surface area contributed by atoms with E-state index < -0.39 is 21.9 Å². The zero-order valence-electron chi connectivity index (χ0n) is 12.5. The Labute approximate surface area is 125 Å². The third-order valence-electron chi connectivity index (χ3n) is 3.27. The summed E-state index contributed by atoms with van der Waals surface area (Å²) < 4.78 is 35.3. The van der Waals surface area contributed by atoms with E-state index in [0.717, 1.165) is 0 Å². The molecule has 0 radical (unpaired) electrons. The molecule has 1 rings (SSSR count). The Morgan fingerprint density at radius 1 is 1.19 bits per heavy atom. The number of carbonyl (C=O) groups excluding carboxylic acids is 2. The first-order chi connectivity index (χ1) is 9.90. The molecule has 7 nitrogen and oxygen atoms in total. The highest BCUT2D eigenvalue weighted by atomic mass is 32.2. The number of rotatable bonds is 7. The van der Waals surface area contributed by atoms with E-state index in [1.165, 1.54) is 4.31 Å². The lowest BCUT2D eigenvalue weighted by Crippen LogP contribution is -2.43. The summed E-state index contributed by atoms with van der Waals surface area (Å²) in [7, 11) is -3.55. The molecule has 122 valence electrons. The van der Waals surface area contributed by atoms with Crippen molar-refractivity contribution in [2.75, 3.05) is 32.1 Å². The zero-order chi connectivity index (χ0) is 15.9. The Morgan fingerprint density at radius 3 is 2.48 bits per heavy atom. The van der Waals surface area contributed by atoms with E-state index in [-0.39, 0.29) is 37.9 Å². The van der Waals surface area contributed by atoms with Gasteiger partial charge in [0.05, 0.1) is 31.3 Å². The van der Waals surface area contributed by atoms with E-state index >= 15 is 0 Å². The second-order valence-electron chi connectivity index (χ2n) is 4.82. The molecule has 1 fully saturated rings. The third-order valence-corrected chi connectivity index (χ3v) is 5.11. The van der Waals surface area contributed by atoms with Crippen LogP contribution in [0, 0.1) is 5.92 Å². The molecule has 0 N–H and O–H groups in total. The van der Waals surface area contributed by atoms with Gasteiger partial charge in [-0.2, -0.15) is 0 Å². The maximum absolute atomic E-state index is 12.2. The largest absolute Gasteiger partial charge is 0.466 e. The van der Waals surface area contributed by atoms with Crippen LogP contribution in [0.3, 0.4) is 0 Å². The van der Waals surface area contributed by atoms with E-state index in [4.69, 9.17) is 9.47 Å². The second-order valence-corrected chi connectivity index (χ2v) is 6.91. The topological polar surface area (TPSA) is 90.0 Å². The third kappa shape index (κ3) is 5.62. The Balaban J connectivity index is 2.57. The van der Waals surface area contributed by atoms with Gasteiger partial charge in [-0.1, -0.05) is 0 Å². The molecule has 1 unspecified atom stereocenters. The normalized spacial score (nSPS) is 20.0. The molecule has 0 saturated carbocycles. The number of sulfonamides is 1. The van der Waals surface area contributed by atoms with Gasteiger partial charge in [0.1, 0.15) is 0 Å². The molecular formula is C13H23NO6S. The molecule has 0 aliphatic carbocycles. The number of nitrogens with zero attached hydrogens (tertiary/aromatic N) is 1. The summed E-state index contributed by atoms with van der Waals surface area (Å²) in [6.45, 7) is 4.40. The van der Waals surface area contributed by atoms with Crippen molar-refractivity contribution in [3.63, 3.8) is 0 Å². The molecule has 0 amide bonds. The highest BCUT2D eigenvalue weighted by Gasteiger charge is 2.33. The predicted molar refractivity (Wildman–Crippen MR) is 76.0 cm³/mol. The van der Waals surface area contributed by atoms with E-state index in [2.05, 4.69) is 0 Å². The predicted octanol–water partition coefficient (Wildman–Crippen LogP) is 0.544. The SMILES string of the molecule is CCOC(=O)CCS(=O)(=O)N1CCCC(C(=O)OCC)C1. The minimum Gasteiger partial charge on any atom is -0.466 e. The molecule has 0 aromatic heterocycles. The maximum atomic E-state index is 12.2. The first-order valence-corrected chi connectivity index (χ1v) is 8.81. The van der Waals surface area contributed by atoms with Crippen LogP contribution in [-0.4, -0.2) is 56.7 Å². The van der Waals surface area contributed by atoms with Crippen LogP contribution in [0.4, 0.5) is 0 Å². The van der Waals surface area contributed by atoms with Gasteiger partial charge in [0.15, 0.2) is 0 Å². The van der Waals surface area contributed by atoms with Crippen LogP contribution in [0.5, 0.6) is 0 Å². The van der Waals surface area contributed by atoms with Gasteiger partial charge in [-0.3, -0.25) is 9.59 Å². The average molecular weight is 321 g/mol. The van der Waals surface area contributed by atoms with Crippen LogP contribution in [0.25, 0.3) is 0 Å². The minimum atomic E-state index is -3.55. The van der Waals surface area contributed by atoms with Crippen molar-refractivity contribution >= 4 is 22.0 Å². The Bertz CT molecular complexity index is 461. The van der Waals surface area contributed by atoms with Crippen LogP contribution in [-0.2, 0) is 29.1 Å². The zero-order valence-corrected chi connectivity index (χ0v) is 13.4.